The molecule has 3 heteroatoms. The second-order valence-electron chi connectivity index (χ2n) is 3.97. The molecule has 1 atom stereocenters. The van der Waals surface area contributed by atoms with Crippen molar-refractivity contribution in [2.45, 2.75) is 13.5 Å². The molecule has 0 saturated heterocycles. The van der Waals surface area contributed by atoms with E-state index in [4.69, 9.17) is 9.84 Å². The zero-order valence-electron chi connectivity index (χ0n) is 10.1. The van der Waals surface area contributed by atoms with Crippen molar-refractivity contribution in [1.29, 1.82) is 0 Å². The Morgan fingerprint density at radius 1 is 1.35 bits per heavy atom. The first-order valence-electron chi connectivity index (χ1n) is 5.57. The Morgan fingerprint density at radius 3 is 2.59 bits per heavy atom. The van der Waals surface area contributed by atoms with E-state index in [1.807, 2.05) is 37.3 Å². The largest absolute Gasteiger partial charge is 0.513 e. The van der Waals surface area contributed by atoms with Crippen molar-refractivity contribution in [1.82, 2.24) is 5.32 Å². The van der Waals surface area contributed by atoms with Crippen LogP contribution in [0.1, 0.15) is 12.5 Å². The van der Waals surface area contributed by atoms with Crippen LogP contribution in [-0.4, -0.2) is 11.7 Å². The lowest BCUT2D eigenvalue weighted by Gasteiger charge is -2.14. The lowest BCUT2D eigenvalue weighted by atomic mass is 10.1. The summed E-state index contributed by atoms with van der Waals surface area (Å²) in [6.45, 7) is 10.1. The summed E-state index contributed by atoms with van der Waals surface area (Å²) in [7, 11) is 0. The maximum Gasteiger partial charge on any atom is 0.179 e. The van der Waals surface area contributed by atoms with E-state index < -0.39 is 0 Å². The zero-order chi connectivity index (χ0) is 12.7. The third kappa shape index (κ3) is 5.11. The first kappa shape index (κ1) is 13.2. The van der Waals surface area contributed by atoms with Gasteiger partial charge in [0.1, 0.15) is 6.61 Å². The molecule has 0 fully saturated rings. The van der Waals surface area contributed by atoms with E-state index in [1.54, 1.807) is 0 Å². The Bertz CT molecular complexity index is 373. The van der Waals surface area contributed by atoms with Gasteiger partial charge < -0.3 is 15.2 Å². The predicted molar refractivity (Wildman–Crippen MR) is 69.3 cm³/mol. The van der Waals surface area contributed by atoms with Gasteiger partial charge in [-0.2, -0.15) is 0 Å². The van der Waals surface area contributed by atoms with E-state index in [1.165, 1.54) is 0 Å². The summed E-state index contributed by atoms with van der Waals surface area (Å²) < 4.78 is 5.44. The maximum atomic E-state index is 9.14. The summed E-state index contributed by atoms with van der Waals surface area (Å²) in [6, 6.07) is 9.88. The van der Waals surface area contributed by atoms with Crippen molar-refractivity contribution < 1.29 is 9.84 Å². The van der Waals surface area contributed by atoms with Crippen molar-refractivity contribution in [3.05, 3.63) is 60.7 Å². The topological polar surface area (TPSA) is 41.5 Å². The fraction of sp³-hybridized carbons (Fsp3) is 0.286. The van der Waals surface area contributed by atoms with Gasteiger partial charge >= 0.3 is 0 Å². The van der Waals surface area contributed by atoms with Crippen LogP contribution in [0.3, 0.4) is 0 Å². The molecule has 0 radical (unpaired) electrons. The minimum absolute atomic E-state index is 0.0212. The number of aliphatic hydroxyl groups is 1. The molecule has 0 saturated carbocycles. The SMILES string of the molecule is C=C(NCC(C)C(=C)O)OCc1ccccc1. The predicted octanol–water partition coefficient (Wildman–Crippen LogP) is 2.97. The van der Waals surface area contributed by atoms with Gasteiger partial charge in [0.15, 0.2) is 5.88 Å². The summed E-state index contributed by atoms with van der Waals surface area (Å²) in [4.78, 5) is 0. The number of aliphatic hydroxyl groups excluding tert-OH is 1. The van der Waals surface area contributed by atoms with Crippen LogP contribution < -0.4 is 5.32 Å². The lowest BCUT2D eigenvalue weighted by Crippen LogP contribution is -2.22. The molecule has 0 amide bonds. The molecule has 1 rings (SSSR count). The normalized spacial score (nSPS) is 11.6. The van der Waals surface area contributed by atoms with Gasteiger partial charge in [0.05, 0.1) is 5.76 Å². The molecule has 17 heavy (non-hydrogen) atoms. The first-order valence-corrected chi connectivity index (χ1v) is 5.57. The van der Waals surface area contributed by atoms with Gasteiger partial charge in [0.25, 0.3) is 0 Å². The highest BCUT2D eigenvalue weighted by Crippen LogP contribution is 2.05. The fourth-order valence-corrected chi connectivity index (χ4v) is 1.18. The maximum absolute atomic E-state index is 9.14. The fourth-order valence-electron chi connectivity index (χ4n) is 1.18. The number of benzene rings is 1. The van der Waals surface area contributed by atoms with Crippen molar-refractivity contribution >= 4 is 0 Å². The molecule has 0 heterocycles. The van der Waals surface area contributed by atoms with Gasteiger partial charge in [0.2, 0.25) is 0 Å². The molecule has 0 aromatic heterocycles. The Morgan fingerprint density at radius 2 is 2.00 bits per heavy atom. The van der Waals surface area contributed by atoms with E-state index in [0.29, 0.717) is 19.0 Å². The first-order chi connectivity index (χ1) is 8.09. The van der Waals surface area contributed by atoms with Crippen molar-refractivity contribution in [2.75, 3.05) is 6.54 Å². The average molecular weight is 233 g/mol. The van der Waals surface area contributed by atoms with Gasteiger partial charge in [-0.1, -0.05) is 43.8 Å². The van der Waals surface area contributed by atoms with Gasteiger partial charge in [-0.3, -0.25) is 0 Å². The number of hydrogen-bond donors (Lipinski definition) is 2. The number of nitrogens with one attached hydrogen (secondary N) is 1. The number of ether oxygens (including phenoxy) is 1. The highest BCUT2D eigenvalue weighted by molar-refractivity contribution is 5.13. The molecule has 0 bridgehead atoms. The van der Waals surface area contributed by atoms with E-state index in [-0.39, 0.29) is 11.7 Å². The summed E-state index contributed by atoms with van der Waals surface area (Å²) in [6.07, 6.45) is 0. The van der Waals surface area contributed by atoms with Gasteiger partial charge in [-0.15, -0.1) is 0 Å². The standard InChI is InChI=1S/C14H19NO2/c1-11(12(2)16)9-15-13(3)17-10-14-7-5-4-6-8-14/h4-8,11,15-16H,2-3,9-10H2,1H3. The van der Waals surface area contributed by atoms with E-state index in [2.05, 4.69) is 18.5 Å². The number of hydrogen-bond acceptors (Lipinski definition) is 3. The third-order valence-electron chi connectivity index (χ3n) is 2.43. The second kappa shape index (κ2) is 6.63. The molecule has 1 aromatic rings. The Labute approximate surface area is 102 Å². The van der Waals surface area contributed by atoms with Gasteiger partial charge in [-0.25, -0.2) is 0 Å². The molecular weight excluding hydrogens is 214 g/mol. The van der Waals surface area contributed by atoms with Crippen molar-refractivity contribution in [3.63, 3.8) is 0 Å². The zero-order valence-corrected chi connectivity index (χ0v) is 10.1. The molecular formula is C14H19NO2. The summed E-state index contributed by atoms with van der Waals surface area (Å²) in [5, 5.41) is 12.1. The van der Waals surface area contributed by atoms with E-state index in [0.717, 1.165) is 5.56 Å². The molecule has 92 valence electrons. The van der Waals surface area contributed by atoms with E-state index >= 15 is 0 Å². The molecule has 0 aliphatic rings. The highest BCUT2D eigenvalue weighted by atomic mass is 16.5. The quantitative estimate of drug-likeness (QED) is 0.711. The van der Waals surface area contributed by atoms with Crippen LogP contribution in [0.15, 0.2) is 55.1 Å². The molecule has 0 aliphatic heterocycles. The smallest absolute Gasteiger partial charge is 0.179 e. The number of rotatable bonds is 7. The Hall–Kier alpha value is -1.90. The Balaban J connectivity index is 2.24. The molecule has 1 aromatic carbocycles. The Kier molecular flexibility index (Phi) is 5.14. The van der Waals surface area contributed by atoms with Crippen LogP contribution in [0.25, 0.3) is 0 Å². The molecule has 0 spiro atoms. The van der Waals surface area contributed by atoms with E-state index in [9.17, 15) is 0 Å². The van der Waals surface area contributed by atoms with Crippen LogP contribution in [0, 0.1) is 5.92 Å². The van der Waals surface area contributed by atoms with Gasteiger partial charge in [-0.05, 0) is 12.1 Å². The molecule has 3 nitrogen and oxygen atoms in total. The molecule has 2 N–H and O–H groups in total. The van der Waals surface area contributed by atoms with Crippen LogP contribution in [0.5, 0.6) is 0 Å². The van der Waals surface area contributed by atoms with Crippen molar-refractivity contribution in [3.8, 4) is 0 Å². The van der Waals surface area contributed by atoms with Gasteiger partial charge in [0, 0.05) is 12.5 Å². The minimum Gasteiger partial charge on any atom is -0.513 e. The average Bonchev–Trinajstić information content (AvgIpc) is 2.34. The van der Waals surface area contributed by atoms with Crippen LogP contribution in [-0.2, 0) is 11.3 Å². The second-order valence-corrected chi connectivity index (χ2v) is 3.97. The van der Waals surface area contributed by atoms with Crippen LogP contribution >= 0.6 is 0 Å². The van der Waals surface area contributed by atoms with Crippen LogP contribution in [0.2, 0.25) is 0 Å². The molecule has 0 aliphatic carbocycles. The van der Waals surface area contributed by atoms with Crippen molar-refractivity contribution in [2.24, 2.45) is 5.92 Å². The minimum atomic E-state index is -0.0212. The monoisotopic (exact) mass is 233 g/mol. The highest BCUT2D eigenvalue weighted by Gasteiger charge is 2.05. The van der Waals surface area contributed by atoms with Crippen LogP contribution in [0.4, 0.5) is 0 Å². The molecule has 1 unspecified atom stereocenters. The summed E-state index contributed by atoms with van der Waals surface area (Å²) >= 11 is 0. The third-order valence-corrected chi connectivity index (χ3v) is 2.43. The lowest BCUT2D eigenvalue weighted by molar-refractivity contribution is 0.175. The summed E-state index contributed by atoms with van der Waals surface area (Å²) in [5.41, 5.74) is 1.09. The summed E-state index contributed by atoms with van der Waals surface area (Å²) in [5.74, 6) is 0.641.